The Morgan fingerprint density at radius 2 is 1.88 bits per heavy atom. The number of carbonyl (C=O) groups excluding carboxylic acids is 5. The molecule has 65 heavy (non-hydrogen) atoms. The molecule has 0 spiro atoms. The van der Waals surface area contributed by atoms with E-state index in [9.17, 15) is 33.9 Å². The summed E-state index contributed by atoms with van der Waals surface area (Å²) < 4.78 is 17.6. The van der Waals surface area contributed by atoms with E-state index in [0.29, 0.717) is 36.5 Å². The molecule has 0 aromatic heterocycles. The maximum Gasteiger partial charge on any atom is 0.409 e. The van der Waals surface area contributed by atoms with Crippen LogP contribution in [0, 0.1) is 24.7 Å². The SMILES string of the molecule is CO[C@@H]1/C=C/C=C(\C)Cc2cc(C)c(Cl)c(c2)N(C)C(=O)C[C@H](CC(=O)[C@H](C)N(C)C(=O)CCC(C)(C)SSCCCNC(=O)CC(C)C(=O)O)[C@]2(C)O[C@H]2[C@H](C)[C@@H]2C[C@@]1(O)NC(=O)O2. The van der Waals surface area contributed by atoms with Crippen LogP contribution >= 0.6 is 33.2 Å². The van der Waals surface area contributed by atoms with Gasteiger partial charge in [0.25, 0.3) is 0 Å². The number of amides is 4. The number of rotatable bonds is 17. The second-order valence-corrected chi connectivity index (χ2v) is 22.3. The number of alkyl carbamates (subject to hydrolysis) is 1. The molecule has 0 radical (unpaired) electrons. The van der Waals surface area contributed by atoms with Crippen molar-refractivity contribution in [1.82, 2.24) is 15.5 Å². The van der Waals surface area contributed by atoms with Crippen LogP contribution in [0.4, 0.5) is 10.5 Å². The minimum Gasteiger partial charge on any atom is -0.481 e. The van der Waals surface area contributed by atoms with Crippen LogP contribution in [0.1, 0.15) is 105 Å². The number of nitrogens with one attached hydrogen (secondary N) is 2. The molecule has 362 valence electrons. The third kappa shape index (κ3) is 14.4. The van der Waals surface area contributed by atoms with E-state index in [1.165, 1.54) is 23.8 Å². The molecule has 4 rings (SSSR count). The molecule has 1 aromatic carbocycles. The van der Waals surface area contributed by atoms with Crippen molar-refractivity contribution in [3.63, 3.8) is 0 Å². The van der Waals surface area contributed by atoms with Crippen LogP contribution in [0.2, 0.25) is 5.02 Å². The van der Waals surface area contributed by atoms with Crippen molar-refractivity contribution in [2.24, 2.45) is 17.8 Å². The second-order valence-electron chi connectivity index (χ2n) is 18.8. The Morgan fingerprint density at radius 1 is 1.18 bits per heavy atom. The van der Waals surface area contributed by atoms with Crippen LogP contribution in [-0.4, -0.2) is 125 Å². The van der Waals surface area contributed by atoms with Crippen molar-refractivity contribution in [3.05, 3.63) is 52.1 Å². The molecule has 3 aliphatic rings. The van der Waals surface area contributed by atoms with Gasteiger partial charge in [-0.2, -0.15) is 0 Å². The quantitative estimate of drug-likeness (QED) is 0.0704. The number of aliphatic carboxylic acids is 1. The second kappa shape index (κ2) is 22.9. The van der Waals surface area contributed by atoms with Gasteiger partial charge in [0, 0.05) is 82.2 Å². The molecule has 3 heterocycles. The number of fused-ring (bicyclic) bond motifs is 5. The average molecular weight is 966 g/mol. The van der Waals surface area contributed by atoms with Gasteiger partial charge in [0.2, 0.25) is 17.7 Å². The number of ether oxygens (including phenoxy) is 3. The first-order valence-electron chi connectivity index (χ1n) is 22.2. The number of aliphatic hydroxyl groups is 1. The minimum atomic E-state index is -1.81. The molecule has 0 aliphatic carbocycles. The predicted octanol–water partition coefficient (Wildman–Crippen LogP) is 7.04. The van der Waals surface area contributed by atoms with Crippen LogP contribution in [0.15, 0.2) is 35.9 Å². The van der Waals surface area contributed by atoms with Gasteiger partial charge in [0.05, 0.1) is 34.4 Å². The zero-order valence-electron chi connectivity index (χ0n) is 39.7. The third-order valence-electron chi connectivity index (χ3n) is 12.9. The summed E-state index contributed by atoms with van der Waals surface area (Å²) in [5, 5.41) is 26.6. The lowest BCUT2D eigenvalue weighted by atomic mass is 9.77. The molecule has 4 N–H and O–H groups in total. The molecule has 1 unspecified atom stereocenters. The molecule has 15 nitrogen and oxygen atoms in total. The fourth-order valence-corrected chi connectivity index (χ4v) is 11.2. The number of nitrogens with zero attached hydrogens (tertiary/aromatic N) is 2. The Kier molecular flexibility index (Phi) is 19.0. The number of likely N-dealkylation sites (N-methyl/N-ethyl adjacent to an activating group) is 1. The lowest BCUT2D eigenvalue weighted by Crippen LogP contribution is -2.63. The highest BCUT2D eigenvalue weighted by molar-refractivity contribution is 8.77. The minimum absolute atomic E-state index is 0.0229. The summed E-state index contributed by atoms with van der Waals surface area (Å²) in [5.41, 5.74) is 0.405. The summed E-state index contributed by atoms with van der Waals surface area (Å²) >= 11 is 6.85. The fourth-order valence-electron chi connectivity index (χ4n) is 8.35. The van der Waals surface area contributed by atoms with Crippen molar-refractivity contribution in [2.75, 3.05) is 38.4 Å². The highest BCUT2D eigenvalue weighted by Gasteiger charge is 2.63. The Hall–Kier alpha value is -3.61. The third-order valence-corrected chi connectivity index (χ3v) is 16.9. The standard InChI is InChI=1S/C47H69ClN4O11S2/c1-27-14-12-15-37(61-11)47(60)26-36(62-44(59)50-47)30(4)42-46(8,63-42)33(25-40(56)52(10)34-23-32(20-27)21-28(2)41(34)48)24-35(53)31(5)51(9)39(55)16-17-45(6,7)65-64-19-13-18-49-38(54)22-29(3)43(57)58/h12,14-15,21,23,29-31,33,36-37,42,60H,13,16-20,22,24-26H2,1-11H3,(H,49,54)(H,50,59)(H,57,58)/b15-12+,27-14+/t29?,30-,31+,33+,36+,37-,42+,46+,47+/m1/s1. The number of ketones is 1. The number of carbonyl (C=O) groups is 6. The molecule has 2 fully saturated rings. The number of carboxylic acid groups (broad SMARTS) is 1. The van der Waals surface area contributed by atoms with E-state index in [1.54, 1.807) is 54.8 Å². The van der Waals surface area contributed by atoms with Gasteiger partial charge < -0.3 is 39.5 Å². The lowest BCUT2D eigenvalue weighted by Gasteiger charge is -2.42. The van der Waals surface area contributed by atoms with Crippen LogP contribution in [0.25, 0.3) is 0 Å². The van der Waals surface area contributed by atoms with Crippen LogP contribution in [-0.2, 0) is 44.6 Å². The number of carboxylic acids is 1. The number of halogens is 1. The van der Waals surface area contributed by atoms with Crippen molar-refractivity contribution >= 4 is 74.4 Å². The van der Waals surface area contributed by atoms with Gasteiger partial charge in [-0.3, -0.25) is 29.3 Å². The van der Waals surface area contributed by atoms with Crippen molar-refractivity contribution < 1.29 is 53.2 Å². The van der Waals surface area contributed by atoms with Gasteiger partial charge >= 0.3 is 12.1 Å². The van der Waals surface area contributed by atoms with E-state index in [2.05, 4.69) is 10.6 Å². The zero-order valence-corrected chi connectivity index (χ0v) is 42.0. The fraction of sp³-hybridized carbons (Fsp3) is 0.660. The molecule has 4 bridgehead atoms. The van der Waals surface area contributed by atoms with E-state index < -0.39 is 65.5 Å². The van der Waals surface area contributed by atoms with Gasteiger partial charge in [-0.1, -0.05) is 76.9 Å². The van der Waals surface area contributed by atoms with Crippen molar-refractivity contribution in [3.8, 4) is 0 Å². The van der Waals surface area contributed by atoms with Gasteiger partial charge in [-0.15, -0.1) is 0 Å². The Bertz CT molecular complexity index is 2000. The van der Waals surface area contributed by atoms with Crippen LogP contribution < -0.4 is 15.5 Å². The molecular weight excluding hydrogens is 896 g/mol. The molecule has 18 heteroatoms. The van der Waals surface area contributed by atoms with Crippen LogP contribution in [0.3, 0.4) is 0 Å². The predicted molar refractivity (Wildman–Crippen MR) is 255 cm³/mol. The Morgan fingerprint density at radius 3 is 2.54 bits per heavy atom. The topological polar surface area (TPSA) is 204 Å². The normalized spacial score (nSPS) is 28.4. The summed E-state index contributed by atoms with van der Waals surface area (Å²) in [4.78, 5) is 81.1. The van der Waals surface area contributed by atoms with E-state index >= 15 is 0 Å². The number of anilines is 1. The summed E-state index contributed by atoms with van der Waals surface area (Å²) in [6, 6.07) is 3.05. The van der Waals surface area contributed by atoms with Gasteiger partial charge in [0.15, 0.2) is 11.5 Å². The molecule has 0 saturated carbocycles. The molecule has 4 amide bonds. The Balaban J connectivity index is 1.49. The lowest BCUT2D eigenvalue weighted by molar-refractivity contribution is -0.143. The first-order valence-corrected chi connectivity index (χ1v) is 24.9. The zero-order chi connectivity index (χ0) is 48.6. The average Bonchev–Trinajstić information content (AvgIpc) is 3.93. The number of hydrogen-bond acceptors (Lipinski definition) is 12. The van der Waals surface area contributed by atoms with Crippen molar-refractivity contribution in [1.29, 1.82) is 0 Å². The first kappa shape index (κ1) is 54.0. The smallest absolute Gasteiger partial charge is 0.409 e. The summed E-state index contributed by atoms with van der Waals surface area (Å²) in [5.74, 6) is -3.14. The molecule has 3 aliphatic heterocycles. The number of epoxide rings is 1. The highest BCUT2D eigenvalue weighted by Crippen LogP contribution is 2.52. The molecule has 1 aromatic rings. The Labute approximate surface area is 396 Å². The molecule has 2 saturated heterocycles. The number of hydrogen-bond donors (Lipinski definition) is 4. The van der Waals surface area contributed by atoms with Gasteiger partial charge in [0.1, 0.15) is 12.2 Å². The molecule has 9 atom stereocenters. The first-order chi connectivity index (χ1) is 30.3. The number of benzene rings is 1. The monoisotopic (exact) mass is 964 g/mol. The number of Topliss-reactive ketones (excluding diaryl/α,β-unsaturated/α-hetero) is 1. The van der Waals surface area contributed by atoms with E-state index in [1.807, 2.05) is 59.8 Å². The number of aryl methyl sites for hydroxylation is 1. The highest BCUT2D eigenvalue weighted by atomic mass is 35.5. The van der Waals surface area contributed by atoms with Gasteiger partial charge in [-0.05, 0) is 78.0 Å². The van der Waals surface area contributed by atoms with Crippen molar-refractivity contribution in [2.45, 2.75) is 147 Å². The number of methoxy groups -OCH3 is 1. The maximum atomic E-state index is 14.3. The van der Waals surface area contributed by atoms with E-state index in [0.717, 1.165) is 22.5 Å². The van der Waals surface area contributed by atoms with E-state index in [-0.39, 0.29) is 60.4 Å². The summed E-state index contributed by atoms with van der Waals surface area (Å²) in [7, 11) is 8.00. The maximum absolute atomic E-state index is 14.3. The van der Waals surface area contributed by atoms with Gasteiger partial charge in [-0.25, -0.2) is 4.79 Å². The van der Waals surface area contributed by atoms with E-state index in [4.69, 9.17) is 30.9 Å². The van der Waals surface area contributed by atoms with Crippen LogP contribution in [0.5, 0.6) is 0 Å². The summed E-state index contributed by atoms with van der Waals surface area (Å²) in [6.07, 6.45) is 3.98. The molecular formula is C47H69ClN4O11S2. The largest absolute Gasteiger partial charge is 0.481 e. The number of allylic oxidation sites excluding steroid dienone is 3. The summed E-state index contributed by atoms with van der Waals surface area (Å²) in [6.45, 7) is 15.3.